The highest BCUT2D eigenvalue weighted by atomic mass is 32.2. The van der Waals surface area contributed by atoms with Crippen molar-refractivity contribution in [2.24, 2.45) is 5.92 Å². The fourth-order valence-electron chi connectivity index (χ4n) is 6.63. The molecule has 0 radical (unpaired) electrons. The van der Waals surface area contributed by atoms with Crippen LogP contribution in [0.4, 0.5) is 4.39 Å². The molecule has 10 heteroatoms. The average Bonchev–Trinajstić information content (AvgIpc) is 3.44. The Balaban J connectivity index is 1.13. The second kappa shape index (κ2) is 11.9. The summed E-state index contributed by atoms with van der Waals surface area (Å²) in [6.07, 6.45) is 6.19. The van der Waals surface area contributed by atoms with E-state index >= 15 is 0 Å². The Hall–Kier alpha value is -2.98. The maximum atomic E-state index is 14.2. The van der Waals surface area contributed by atoms with Gasteiger partial charge in [0.25, 0.3) is 5.56 Å². The van der Waals surface area contributed by atoms with E-state index in [4.69, 9.17) is 0 Å². The molecule has 2 aliphatic heterocycles. The summed E-state index contributed by atoms with van der Waals surface area (Å²) < 4.78 is 17.1. The van der Waals surface area contributed by atoms with Gasteiger partial charge in [0.15, 0.2) is 0 Å². The Labute approximate surface area is 237 Å². The Morgan fingerprint density at radius 1 is 0.975 bits per heavy atom. The summed E-state index contributed by atoms with van der Waals surface area (Å²) in [6.45, 7) is 2.52. The summed E-state index contributed by atoms with van der Waals surface area (Å²) in [5.74, 6) is 1.37. The number of thioether (sulfide) groups is 1. The summed E-state index contributed by atoms with van der Waals surface area (Å²) in [4.78, 5) is 46.9. The molecule has 0 bridgehead atoms. The Morgan fingerprint density at radius 2 is 1.70 bits per heavy atom. The first-order valence-electron chi connectivity index (χ1n) is 14.4. The van der Waals surface area contributed by atoms with Crippen LogP contribution in [0.3, 0.4) is 0 Å². The van der Waals surface area contributed by atoms with E-state index < -0.39 is 11.4 Å². The van der Waals surface area contributed by atoms with Crippen molar-refractivity contribution in [3.8, 4) is 0 Å². The van der Waals surface area contributed by atoms with Gasteiger partial charge in [0.1, 0.15) is 11.5 Å². The van der Waals surface area contributed by atoms with Crippen LogP contribution in [0.2, 0.25) is 0 Å². The minimum atomic E-state index is -0.582. The first kappa shape index (κ1) is 27.2. The third-order valence-electron chi connectivity index (χ3n) is 8.78. The number of carbonyl (C=O) groups is 1. The molecule has 6 rings (SSSR count). The van der Waals surface area contributed by atoms with Crippen molar-refractivity contribution in [1.29, 1.82) is 0 Å². The van der Waals surface area contributed by atoms with E-state index in [9.17, 15) is 18.8 Å². The van der Waals surface area contributed by atoms with Crippen LogP contribution in [-0.2, 0) is 11.3 Å². The molecule has 1 atom stereocenters. The summed E-state index contributed by atoms with van der Waals surface area (Å²) in [6, 6.07) is 11.2. The highest BCUT2D eigenvalue weighted by Gasteiger charge is 2.32. The molecule has 4 heterocycles. The van der Waals surface area contributed by atoms with Gasteiger partial charge in [-0.3, -0.25) is 23.6 Å². The number of nitrogens with zero attached hydrogens (tertiary/aromatic N) is 4. The number of likely N-dealkylation sites (tertiary alicyclic amines) is 1. The maximum absolute atomic E-state index is 14.2. The van der Waals surface area contributed by atoms with Crippen LogP contribution in [0, 0.1) is 11.7 Å². The fourth-order valence-corrected chi connectivity index (χ4v) is 7.71. The van der Waals surface area contributed by atoms with E-state index in [1.165, 1.54) is 16.2 Å². The Morgan fingerprint density at radius 3 is 2.45 bits per heavy atom. The predicted octanol–water partition coefficient (Wildman–Crippen LogP) is 3.89. The molecule has 1 aromatic carbocycles. The lowest BCUT2D eigenvalue weighted by atomic mass is 9.90. The minimum absolute atomic E-state index is 0.0206. The number of fused-ring (bicyclic) bond motifs is 1. The standard InChI is InChI=1S/C30H36FN5O3S/c31-22-16-26-27(32-17-22)35(25-11-14-40-15-12-25)30(39)36(29(26)38)24-8-6-23(7-9-24)33-28(37)21-10-13-34(19-21)18-20-4-2-1-3-5-20/h1-5,16-17,21,23-25H,6-15,18-19H2,(H,33,37). The molecule has 1 aliphatic carbocycles. The van der Waals surface area contributed by atoms with E-state index in [0.29, 0.717) is 25.7 Å². The Kier molecular flexibility index (Phi) is 8.07. The summed E-state index contributed by atoms with van der Waals surface area (Å²) in [5.41, 5.74) is 0.727. The lowest BCUT2D eigenvalue weighted by molar-refractivity contribution is -0.125. The second-order valence-corrected chi connectivity index (χ2v) is 12.6. The van der Waals surface area contributed by atoms with Crippen molar-refractivity contribution in [3.63, 3.8) is 0 Å². The SMILES string of the molecule is O=C(NC1CCC(n2c(=O)c3cc(F)cnc3n(C3CCSCC3)c2=O)CC1)C1CCN(Cc2ccccc2)C1. The lowest BCUT2D eigenvalue weighted by Crippen LogP contribution is -2.47. The third kappa shape index (κ3) is 5.61. The molecular formula is C30H36FN5O3S. The van der Waals surface area contributed by atoms with Gasteiger partial charge in [-0.1, -0.05) is 30.3 Å². The van der Waals surface area contributed by atoms with Crippen LogP contribution in [0.15, 0.2) is 52.2 Å². The second-order valence-electron chi connectivity index (χ2n) is 11.4. The van der Waals surface area contributed by atoms with E-state index in [-0.39, 0.29) is 46.7 Å². The highest BCUT2D eigenvalue weighted by molar-refractivity contribution is 7.99. The number of benzene rings is 1. The molecule has 2 aromatic heterocycles. The van der Waals surface area contributed by atoms with Crippen molar-refractivity contribution in [2.45, 2.75) is 69.6 Å². The van der Waals surface area contributed by atoms with Crippen molar-refractivity contribution < 1.29 is 9.18 Å². The third-order valence-corrected chi connectivity index (χ3v) is 9.83. The van der Waals surface area contributed by atoms with Crippen molar-refractivity contribution >= 4 is 28.7 Å². The predicted molar refractivity (Wildman–Crippen MR) is 155 cm³/mol. The number of amides is 1. The molecule has 0 spiro atoms. The van der Waals surface area contributed by atoms with Crippen LogP contribution in [0.5, 0.6) is 0 Å². The number of aromatic nitrogens is 3. The van der Waals surface area contributed by atoms with E-state index in [2.05, 4.69) is 27.3 Å². The summed E-state index contributed by atoms with van der Waals surface area (Å²) in [7, 11) is 0. The van der Waals surface area contributed by atoms with E-state index in [1.54, 1.807) is 4.57 Å². The van der Waals surface area contributed by atoms with Gasteiger partial charge >= 0.3 is 5.69 Å². The molecular weight excluding hydrogens is 529 g/mol. The number of pyridine rings is 1. The molecule has 1 saturated carbocycles. The fraction of sp³-hybridized carbons (Fsp3) is 0.533. The van der Waals surface area contributed by atoms with Gasteiger partial charge in [-0.05, 0) is 74.6 Å². The van der Waals surface area contributed by atoms with Gasteiger partial charge in [-0.25, -0.2) is 14.2 Å². The molecule has 3 fully saturated rings. The van der Waals surface area contributed by atoms with Crippen LogP contribution in [-0.4, -0.2) is 55.6 Å². The van der Waals surface area contributed by atoms with Gasteiger partial charge in [-0.2, -0.15) is 11.8 Å². The smallest absolute Gasteiger partial charge is 0.333 e. The number of hydrogen-bond donors (Lipinski definition) is 1. The largest absolute Gasteiger partial charge is 0.353 e. The monoisotopic (exact) mass is 565 g/mol. The number of hydrogen-bond acceptors (Lipinski definition) is 6. The van der Waals surface area contributed by atoms with Gasteiger partial charge in [0, 0.05) is 31.2 Å². The van der Waals surface area contributed by atoms with E-state index in [0.717, 1.165) is 56.6 Å². The molecule has 3 aliphatic rings. The molecule has 8 nitrogen and oxygen atoms in total. The van der Waals surface area contributed by atoms with Gasteiger partial charge in [0.2, 0.25) is 5.91 Å². The minimum Gasteiger partial charge on any atom is -0.353 e. The van der Waals surface area contributed by atoms with Gasteiger partial charge in [0.05, 0.1) is 17.5 Å². The molecule has 1 amide bonds. The zero-order valence-electron chi connectivity index (χ0n) is 22.6. The topological polar surface area (TPSA) is 89.2 Å². The zero-order chi connectivity index (χ0) is 27.6. The summed E-state index contributed by atoms with van der Waals surface area (Å²) in [5, 5.41) is 3.41. The van der Waals surface area contributed by atoms with Crippen LogP contribution in [0.25, 0.3) is 11.0 Å². The first-order valence-corrected chi connectivity index (χ1v) is 15.6. The zero-order valence-corrected chi connectivity index (χ0v) is 23.5. The van der Waals surface area contributed by atoms with Gasteiger partial charge < -0.3 is 5.32 Å². The maximum Gasteiger partial charge on any atom is 0.333 e. The Bertz CT molecular complexity index is 1480. The van der Waals surface area contributed by atoms with Crippen molar-refractivity contribution in [3.05, 3.63) is 74.8 Å². The van der Waals surface area contributed by atoms with Crippen molar-refractivity contribution in [2.75, 3.05) is 24.6 Å². The number of rotatable bonds is 6. The molecule has 2 saturated heterocycles. The molecule has 3 aromatic rings. The number of nitrogens with one attached hydrogen (secondary N) is 1. The molecule has 1 unspecified atom stereocenters. The first-order chi connectivity index (χ1) is 19.5. The van der Waals surface area contributed by atoms with Crippen molar-refractivity contribution in [1.82, 2.24) is 24.3 Å². The number of carbonyl (C=O) groups excluding carboxylic acids is 1. The van der Waals surface area contributed by atoms with Crippen LogP contribution < -0.4 is 16.6 Å². The molecule has 40 heavy (non-hydrogen) atoms. The normalized spacial score (nSPS) is 24.4. The van der Waals surface area contributed by atoms with Crippen LogP contribution in [0.1, 0.15) is 62.6 Å². The van der Waals surface area contributed by atoms with Gasteiger partial charge in [-0.15, -0.1) is 0 Å². The quantitative estimate of drug-likeness (QED) is 0.488. The lowest BCUT2D eigenvalue weighted by Gasteiger charge is -2.32. The van der Waals surface area contributed by atoms with Crippen LogP contribution >= 0.6 is 11.8 Å². The average molecular weight is 566 g/mol. The molecule has 212 valence electrons. The van der Waals surface area contributed by atoms with E-state index in [1.807, 2.05) is 30.0 Å². The summed E-state index contributed by atoms with van der Waals surface area (Å²) >= 11 is 1.86. The highest BCUT2D eigenvalue weighted by Crippen LogP contribution is 2.30. The molecule has 1 N–H and O–H groups in total. The number of halogens is 1.